The molecule has 0 aliphatic heterocycles. The van der Waals surface area contributed by atoms with E-state index in [0.717, 1.165) is 0 Å². The third kappa shape index (κ3) is 4.92. The first-order valence-electron chi connectivity index (χ1n) is 5.90. The largest absolute Gasteiger partial charge is 0.390 e. The van der Waals surface area contributed by atoms with Crippen molar-refractivity contribution < 1.29 is 23.8 Å². The Balaban J connectivity index is 2.56. The molecule has 2 unspecified atom stereocenters. The number of aliphatic hydroxyl groups is 2. The van der Waals surface area contributed by atoms with Crippen LogP contribution >= 0.6 is 0 Å². The second-order valence-electron chi connectivity index (χ2n) is 4.25. The number of hydrogen-bond acceptors (Lipinski definition) is 3. The summed E-state index contributed by atoms with van der Waals surface area (Å²) in [6.07, 6.45) is -4.61. The van der Waals surface area contributed by atoms with Crippen molar-refractivity contribution in [2.45, 2.75) is 32.0 Å². The number of nitrogens with one attached hydrogen (secondary N) is 1. The Morgan fingerprint density at radius 3 is 2.21 bits per heavy atom. The van der Waals surface area contributed by atoms with E-state index >= 15 is 0 Å². The highest BCUT2D eigenvalue weighted by Gasteiger charge is 2.18. The van der Waals surface area contributed by atoms with Crippen molar-refractivity contribution in [1.82, 2.24) is 5.32 Å². The van der Waals surface area contributed by atoms with Gasteiger partial charge in [-0.1, -0.05) is 24.3 Å². The Labute approximate surface area is 110 Å². The number of aliphatic hydroxyl groups excluding tert-OH is 2. The van der Waals surface area contributed by atoms with Gasteiger partial charge in [0, 0.05) is 19.0 Å². The molecule has 0 heterocycles. The smallest absolute Gasteiger partial charge is 0.263 e. The number of carbonyl (C=O) groups excluding carboxylic acids is 1. The lowest BCUT2D eigenvalue weighted by molar-refractivity contribution is -0.119. The second-order valence-corrected chi connectivity index (χ2v) is 4.25. The van der Waals surface area contributed by atoms with Crippen molar-refractivity contribution in [3.05, 3.63) is 35.4 Å². The molecule has 0 bridgehead atoms. The molecule has 1 aromatic carbocycles. The highest BCUT2D eigenvalue weighted by atomic mass is 19.3. The summed E-state index contributed by atoms with van der Waals surface area (Å²) in [7, 11) is 0. The van der Waals surface area contributed by atoms with Crippen LogP contribution in [0.15, 0.2) is 24.3 Å². The molecule has 0 fully saturated rings. The molecule has 3 N–H and O–H groups in total. The third-order valence-electron chi connectivity index (χ3n) is 2.71. The number of amides is 1. The average molecular weight is 273 g/mol. The number of hydrogen-bond donors (Lipinski definition) is 3. The van der Waals surface area contributed by atoms with Crippen LogP contribution in [0.25, 0.3) is 0 Å². The zero-order chi connectivity index (χ0) is 14.4. The summed E-state index contributed by atoms with van der Waals surface area (Å²) in [5.74, 6) is -0.219. The van der Waals surface area contributed by atoms with Crippen molar-refractivity contribution in [2.24, 2.45) is 0 Å². The van der Waals surface area contributed by atoms with Gasteiger partial charge in [-0.3, -0.25) is 4.79 Å². The fourth-order valence-electron chi connectivity index (χ4n) is 1.61. The van der Waals surface area contributed by atoms with Gasteiger partial charge in [0.15, 0.2) is 0 Å². The fraction of sp³-hybridized carbons (Fsp3) is 0.462. The van der Waals surface area contributed by atoms with E-state index in [1.54, 1.807) is 0 Å². The summed E-state index contributed by atoms with van der Waals surface area (Å²) in [5, 5.41) is 22.0. The van der Waals surface area contributed by atoms with E-state index in [1.165, 1.54) is 31.2 Å². The first kappa shape index (κ1) is 15.5. The highest BCUT2D eigenvalue weighted by Crippen LogP contribution is 2.23. The topological polar surface area (TPSA) is 69.6 Å². The molecule has 19 heavy (non-hydrogen) atoms. The molecule has 0 saturated heterocycles. The van der Waals surface area contributed by atoms with E-state index in [-0.39, 0.29) is 24.4 Å². The van der Waals surface area contributed by atoms with Crippen molar-refractivity contribution in [2.75, 3.05) is 6.54 Å². The highest BCUT2D eigenvalue weighted by molar-refractivity contribution is 5.72. The third-order valence-corrected chi connectivity index (χ3v) is 2.71. The number of halogens is 2. The SMILES string of the molecule is CC(=O)NCCC(O)C(O)c1ccc(C(F)F)cc1. The Bertz CT molecular complexity index is 409. The normalized spacial score (nSPS) is 14.2. The van der Waals surface area contributed by atoms with Crippen LogP contribution in [0, 0.1) is 0 Å². The molecule has 0 saturated carbocycles. The fourth-order valence-corrected chi connectivity index (χ4v) is 1.61. The van der Waals surface area contributed by atoms with Crippen LogP contribution in [-0.2, 0) is 4.79 Å². The van der Waals surface area contributed by atoms with Gasteiger partial charge in [-0.25, -0.2) is 8.78 Å². The second kappa shape index (κ2) is 7.16. The summed E-state index contributed by atoms with van der Waals surface area (Å²) in [6, 6.07) is 5.13. The van der Waals surface area contributed by atoms with E-state index in [4.69, 9.17) is 0 Å². The molecule has 0 aliphatic rings. The maximum atomic E-state index is 12.3. The molecule has 0 spiro atoms. The van der Waals surface area contributed by atoms with Crippen molar-refractivity contribution in [3.8, 4) is 0 Å². The molecule has 4 nitrogen and oxygen atoms in total. The number of carbonyl (C=O) groups is 1. The van der Waals surface area contributed by atoms with Crippen molar-refractivity contribution in [1.29, 1.82) is 0 Å². The lowest BCUT2D eigenvalue weighted by Crippen LogP contribution is -2.27. The van der Waals surface area contributed by atoms with Gasteiger partial charge in [0.2, 0.25) is 5.91 Å². The predicted octanol–water partition coefficient (Wildman–Crippen LogP) is 1.54. The van der Waals surface area contributed by atoms with Crippen LogP contribution in [0.1, 0.15) is 37.0 Å². The Morgan fingerprint density at radius 1 is 1.21 bits per heavy atom. The molecular weight excluding hydrogens is 256 g/mol. The summed E-state index contributed by atoms with van der Waals surface area (Å²) >= 11 is 0. The standard InChI is InChI=1S/C13H17F2NO3/c1-8(17)16-7-6-11(18)12(19)9-2-4-10(5-3-9)13(14)15/h2-5,11-13,18-19H,6-7H2,1H3,(H,16,17). The minimum Gasteiger partial charge on any atom is -0.390 e. The Hall–Kier alpha value is -1.53. The molecule has 0 radical (unpaired) electrons. The van der Waals surface area contributed by atoms with E-state index in [0.29, 0.717) is 5.56 Å². The molecule has 106 valence electrons. The maximum absolute atomic E-state index is 12.3. The van der Waals surface area contributed by atoms with E-state index in [9.17, 15) is 23.8 Å². The first-order chi connectivity index (χ1) is 8.91. The van der Waals surface area contributed by atoms with Crippen molar-refractivity contribution >= 4 is 5.91 Å². The monoisotopic (exact) mass is 273 g/mol. The van der Waals surface area contributed by atoms with Crippen LogP contribution in [0.2, 0.25) is 0 Å². The van der Waals surface area contributed by atoms with Gasteiger partial charge in [0.1, 0.15) is 6.10 Å². The molecule has 1 amide bonds. The van der Waals surface area contributed by atoms with E-state index in [1.807, 2.05) is 0 Å². The van der Waals surface area contributed by atoms with Crippen LogP contribution in [0.5, 0.6) is 0 Å². The summed E-state index contributed by atoms with van der Waals surface area (Å²) in [4.78, 5) is 10.6. The molecule has 0 aromatic heterocycles. The molecule has 2 atom stereocenters. The van der Waals surface area contributed by atoms with Gasteiger partial charge in [0.05, 0.1) is 6.10 Å². The molecule has 1 aromatic rings. The molecule has 0 aliphatic carbocycles. The lowest BCUT2D eigenvalue weighted by atomic mass is 10.0. The number of alkyl halides is 2. The van der Waals surface area contributed by atoms with Gasteiger partial charge < -0.3 is 15.5 Å². The molecule has 6 heteroatoms. The van der Waals surface area contributed by atoms with Gasteiger partial charge in [0.25, 0.3) is 6.43 Å². The van der Waals surface area contributed by atoms with Gasteiger partial charge in [-0.05, 0) is 12.0 Å². The van der Waals surface area contributed by atoms with Crippen LogP contribution in [0.3, 0.4) is 0 Å². The van der Waals surface area contributed by atoms with E-state index < -0.39 is 18.6 Å². The molecular formula is C13H17F2NO3. The van der Waals surface area contributed by atoms with Crippen LogP contribution in [0.4, 0.5) is 8.78 Å². The summed E-state index contributed by atoms with van der Waals surface area (Å²) < 4.78 is 24.7. The minimum atomic E-state index is -2.56. The Morgan fingerprint density at radius 2 is 1.74 bits per heavy atom. The van der Waals surface area contributed by atoms with Gasteiger partial charge >= 0.3 is 0 Å². The molecule has 1 rings (SSSR count). The average Bonchev–Trinajstić information content (AvgIpc) is 2.37. The Kier molecular flexibility index (Phi) is 5.85. The van der Waals surface area contributed by atoms with Crippen LogP contribution < -0.4 is 5.32 Å². The van der Waals surface area contributed by atoms with Crippen LogP contribution in [-0.4, -0.2) is 28.8 Å². The minimum absolute atomic E-state index is 0.135. The summed E-state index contributed by atoms with van der Waals surface area (Å²) in [5.41, 5.74) is 0.225. The summed E-state index contributed by atoms with van der Waals surface area (Å²) in [6.45, 7) is 1.59. The van der Waals surface area contributed by atoms with E-state index in [2.05, 4.69) is 5.32 Å². The maximum Gasteiger partial charge on any atom is 0.263 e. The van der Waals surface area contributed by atoms with Gasteiger partial charge in [-0.15, -0.1) is 0 Å². The quantitative estimate of drug-likeness (QED) is 0.736. The number of rotatable bonds is 6. The zero-order valence-corrected chi connectivity index (χ0v) is 10.5. The zero-order valence-electron chi connectivity index (χ0n) is 10.5. The lowest BCUT2D eigenvalue weighted by Gasteiger charge is -2.18. The van der Waals surface area contributed by atoms with Crippen molar-refractivity contribution in [3.63, 3.8) is 0 Å². The predicted molar refractivity (Wildman–Crippen MR) is 65.7 cm³/mol. The van der Waals surface area contributed by atoms with Gasteiger partial charge in [-0.2, -0.15) is 0 Å². The first-order valence-corrected chi connectivity index (χ1v) is 5.90. The number of benzene rings is 1.